The second kappa shape index (κ2) is 8.03. The van der Waals surface area contributed by atoms with E-state index < -0.39 is 0 Å². The first-order valence-electron chi connectivity index (χ1n) is 12.0. The van der Waals surface area contributed by atoms with Gasteiger partial charge in [-0.15, -0.1) is 0 Å². The zero-order chi connectivity index (χ0) is 23.4. The van der Waals surface area contributed by atoms with E-state index in [1.54, 1.807) is 4.90 Å². The van der Waals surface area contributed by atoms with Gasteiger partial charge in [0.1, 0.15) is 17.5 Å². The Kier molecular flexibility index (Phi) is 4.96. The van der Waals surface area contributed by atoms with Gasteiger partial charge in [-0.05, 0) is 55.8 Å². The van der Waals surface area contributed by atoms with Crippen molar-refractivity contribution in [2.24, 2.45) is 0 Å². The highest BCUT2D eigenvalue weighted by Gasteiger charge is 2.31. The van der Waals surface area contributed by atoms with Crippen LogP contribution in [0.3, 0.4) is 0 Å². The van der Waals surface area contributed by atoms with E-state index in [1.165, 1.54) is 5.69 Å². The van der Waals surface area contributed by atoms with Gasteiger partial charge in [-0.25, -0.2) is 4.98 Å². The lowest BCUT2D eigenvalue weighted by Gasteiger charge is -2.37. The van der Waals surface area contributed by atoms with E-state index in [9.17, 15) is 10.1 Å². The maximum atomic E-state index is 12.2. The summed E-state index contributed by atoms with van der Waals surface area (Å²) in [5.41, 5.74) is 4.75. The van der Waals surface area contributed by atoms with Gasteiger partial charge in [0, 0.05) is 74.7 Å². The van der Waals surface area contributed by atoms with Gasteiger partial charge in [0.15, 0.2) is 0 Å². The molecule has 3 aliphatic rings. The van der Waals surface area contributed by atoms with Gasteiger partial charge in [-0.1, -0.05) is 0 Å². The maximum Gasteiger partial charge on any atom is 0.254 e. The van der Waals surface area contributed by atoms with E-state index >= 15 is 0 Å². The van der Waals surface area contributed by atoms with Crippen LogP contribution in [0.5, 0.6) is 0 Å². The number of fused-ring (bicyclic) bond motifs is 2. The van der Waals surface area contributed by atoms with Crippen LogP contribution < -0.4 is 15.1 Å². The summed E-state index contributed by atoms with van der Waals surface area (Å²) in [5.74, 6) is 1.09. The Bertz CT molecular complexity index is 1310. The smallest absolute Gasteiger partial charge is 0.254 e. The van der Waals surface area contributed by atoms with Crippen molar-refractivity contribution in [1.82, 2.24) is 19.8 Å². The number of benzene rings is 1. The number of nitriles is 1. The highest BCUT2D eigenvalue weighted by molar-refractivity contribution is 5.98. The molecule has 174 valence electrons. The Morgan fingerprint density at radius 2 is 1.85 bits per heavy atom. The van der Waals surface area contributed by atoms with E-state index in [0.717, 1.165) is 67.0 Å². The summed E-state index contributed by atoms with van der Waals surface area (Å²) in [7, 11) is 3.86. The molecule has 34 heavy (non-hydrogen) atoms. The normalized spacial score (nSPS) is 22.1. The topological polar surface area (TPSA) is 80.4 Å². The largest absolute Gasteiger partial charge is 0.368 e. The van der Waals surface area contributed by atoms with Crippen LogP contribution >= 0.6 is 0 Å². The van der Waals surface area contributed by atoms with Crippen LogP contribution in [-0.4, -0.2) is 66.7 Å². The fourth-order valence-corrected chi connectivity index (χ4v) is 5.55. The quantitative estimate of drug-likeness (QED) is 0.652. The van der Waals surface area contributed by atoms with Crippen LogP contribution in [0.1, 0.15) is 40.4 Å². The number of nitrogens with zero attached hydrogens (tertiary/aromatic N) is 6. The number of carbonyl (C=O) groups is 1. The van der Waals surface area contributed by atoms with Gasteiger partial charge in [0.2, 0.25) is 0 Å². The molecule has 0 unspecified atom stereocenters. The summed E-state index contributed by atoms with van der Waals surface area (Å²) < 4.78 is 2.21. The molecular weight excluding hydrogens is 426 g/mol. The van der Waals surface area contributed by atoms with Gasteiger partial charge >= 0.3 is 0 Å². The Morgan fingerprint density at radius 1 is 1.09 bits per heavy atom. The number of carbonyl (C=O) groups excluding carboxylic acids is 1. The fourth-order valence-electron chi connectivity index (χ4n) is 5.55. The number of piperazine rings is 1. The molecule has 3 aromatic rings. The molecule has 0 radical (unpaired) electrons. The molecule has 4 heterocycles. The summed E-state index contributed by atoms with van der Waals surface area (Å²) in [5, 5.41) is 13.9. The van der Waals surface area contributed by atoms with Crippen molar-refractivity contribution >= 4 is 28.4 Å². The molecule has 1 aliphatic carbocycles. The molecule has 1 amide bonds. The predicted molar refractivity (Wildman–Crippen MR) is 132 cm³/mol. The van der Waals surface area contributed by atoms with Crippen LogP contribution in [0.4, 0.5) is 11.5 Å². The molecule has 8 heteroatoms. The first-order valence-corrected chi connectivity index (χ1v) is 12.0. The Balaban J connectivity index is 1.20. The standard InChI is InChI=1S/C26H29N7O/c1-28-19-12-21(13-19)33-16-18(14-27)22-5-6-24(29-25(22)33)32-9-7-31(8-10-32)20-3-4-23-17(11-20)15-30(2)26(23)34/h3-6,11,16,19,21,28H,7-10,12-13,15H2,1-2H3/t19-,21-. The minimum absolute atomic E-state index is 0.112. The Hall–Kier alpha value is -3.57. The van der Waals surface area contributed by atoms with E-state index in [4.69, 9.17) is 4.98 Å². The van der Waals surface area contributed by atoms with Crippen molar-refractivity contribution in [3.05, 3.63) is 53.2 Å². The van der Waals surface area contributed by atoms with Crippen molar-refractivity contribution in [3.63, 3.8) is 0 Å². The first kappa shape index (κ1) is 21.0. The molecule has 0 bridgehead atoms. The van der Waals surface area contributed by atoms with Crippen molar-refractivity contribution in [2.75, 3.05) is 50.1 Å². The van der Waals surface area contributed by atoms with Gasteiger partial charge in [0.25, 0.3) is 5.91 Å². The lowest BCUT2D eigenvalue weighted by molar-refractivity contribution is 0.0816. The number of aromatic nitrogens is 2. The Morgan fingerprint density at radius 3 is 2.59 bits per heavy atom. The fraction of sp³-hybridized carbons (Fsp3) is 0.423. The molecule has 6 rings (SSSR count). The van der Waals surface area contributed by atoms with E-state index in [2.05, 4.69) is 50.0 Å². The molecule has 1 saturated heterocycles. The van der Waals surface area contributed by atoms with E-state index in [0.29, 0.717) is 24.2 Å². The van der Waals surface area contributed by atoms with Gasteiger partial charge < -0.3 is 24.6 Å². The average molecular weight is 456 g/mol. The summed E-state index contributed by atoms with van der Waals surface area (Å²) in [6, 6.07) is 13.6. The summed E-state index contributed by atoms with van der Waals surface area (Å²) >= 11 is 0. The highest BCUT2D eigenvalue weighted by Crippen LogP contribution is 2.36. The second-order valence-electron chi connectivity index (χ2n) is 9.69. The molecule has 2 aliphatic heterocycles. The van der Waals surface area contributed by atoms with E-state index in [-0.39, 0.29) is 5.91 Å². The maximum absolute atomic E-state index is 12.2. The molecule has 0 atom stereocenters. The molecule has 1 saturated carbocycles. The number of hydrogen-bond acceptors (Lipinski definition) is 6. The minimum atomic E-state index is 0.112. The number of nitrogens with one attached hydrogen (secondary N) is 1. The van der Waals surface area contributed by atoms with Crippen molar-refractivity contribution in [1.29, 1.82) is 5.26 Å². The van der Waals surface area contributed by atoms with Gasteiger partial charge in [-0.2, -0.15) is 5.26 Å². The molecule has 0 spiro atoms. The summed E-state index contributed by atoms with van der Waals surface area (Å²) in [6.07, 6.45) is 4.11. The third kappa shape index (κ3) is 3.31. The minimum Gasteiger partial charge on any atom is -0.368 e. The first-order chi connectivity index (χ1) is 16.6. The third-order valence-corrected chi connectivity index (χ3v) is 7.74. The molecular formula is C26H29N7O. The lowest BCUT2D eigenvalue weighted by Crippen LogP contribution is -2.46. The lowest BCUT2D eigenvalue weighted by atomic mass is 9.87. The molecule has 8 nitrogen and oxygen atoms in total. The number of rotatable bonds is 4. The summed E-state index contributed by atoms with van der Waals surface area (Å²) in [6.45, 7) is 4.25. The Labute approximate surface area is 199 Å². The molecule has 1 aromatic carbocycles. The van der Waals surface area contributed by atoms with E-state index in [1.807, 2.05) is 26.4 Å². The SMILES string of the molecule is CN[C@H]1C[C@H](n2cc(C#N)c3ccc(N4CCN(c5ccc6c(c5)CN(C)C6=O)CC4)nc32)C1. The number of pyridine rings is 1. The van der Waals surface area contributed by atoms with Crippen LogP contribution in [0.25, 0.3) is 11.0 Å². The average Bonchev–Trinajstić information content (AvgIpc) is 3.34. The van der Waals surface area contributed by atoms with Gasteiger partial charge in [-0.3, -0.25) is 4.79 Å². The number of hydrogen-bond donors (Lipinski definition) is 1. The number of amides is 1. The predicted octanol–water partition coefficient (Wildman–Crippen LogP) is 2.74. The van der Waals surface area contributed by atoms with Crippen LogP contribution in [-0.2, 0) is 6.54 Å². The number of anilines is 2. The molecule has 2 fully saturated rings. The van der Waals surface area contributed by atoms with Crippen LogP contribution in [0.15, 0.2) is 36.5 Å². The molecule has 1 N–H and O–H groups in total. The monoisotopic (exact) mass is 455 g/mol. The van der Waals surface area contributed by atoms with Crippen LogP contribution in [0, 0.1) is 11.3 Å². The summed E-state index contributed by atoms with van der Waals surface area (Å²) in [4.78, 5) is 23.7. The van der Waals surface area contributed by atoms with Gasteiger partial charge in [0.05, 0.1) is 5.56 Å². The van der Waals surface area contributed by atoms with Crippen molar-refractivity contribution < 1.29 is 4.79 Å². The zero-order valence-electron chi connectivity index (χ0n) is 19.7. The zero-order valence-corrected chi connectivity index (χ0v) is 19.7. The third-order valence-electron chi connectivity index (χ3n) is 7.74. The second-order valence-corrected chi connectivity index (χ2v) is 9.69. The highest BCUT2D eigenvalue weighted by atomic mass is 16.2. The molecule has 2 aromatic heterocycles. The van der Waals surface area contributed by atoms with Crippen molar-refractivity contribution in [2.45, 2.75) is 31.5 Å². The van der Waals surface area contributed by atoms with Crippen molar-refractivity contribution in [3.8, 4) is 6.07 Å². The van der Waals surface area contributed by atoms with Crippen LogP contribution in [0.2, 0.25) is 0 Å².